The standard InChI is InChI=1S/C21H23N5O2S/c1-4-5-10-26-19-18(20(27)24-21(26)28)25(3)16(23-19)12-29-17-11-13(2)14-8-6-7-9-15(14)22-17/h6-9,11H,4-5,10,12H2,1-3H3,(H,24,27,28). The second kappa shape index (κ2) is 7.87. The topological polar surface area (TPSA) is 85.6 Å². The Labute approximate surface area is 171 Å². The summed E-state index contributed by atoms with van der Waals surface area (Å²) < 4.78 is 3.34. The minimum absolute atomic E-state index is 0.399. The fourth-order valence-electron chi connectivity index (χ4n) is 3.48. The van der Waals surface area contributed by atoms with Gasteiger partial charge in [0.25, 0.3) is 5.56 Å². The van der Waals surface area contributed by atoms with Gasteiger partial charge in [-0.3, -0.25) is 14.3 Å². The van der Waals surface area contributed by atoms with Crippen LogP contribution in [-0.2, 0) is 19.3 Å². The van der Waals surface area contributed by atoms with Gasteiger partial charge in [0.2, 0.25) is 0 Å². The summed E-state index contributed by atoms with van der Waals surface area (Å²) in [6.07, 6.45) is 1.80. The average molecular weight is 410 g/mol. The van der Waals surface area contributed by atoms with Crippen LogP contribution in [0.4, 0.5) is 0 Å². The molecule has 8 heteroatoms. The van der Waals surface area contributed by atoms with Gasteiger partial charge >= 0.3 is 5.69 Å². The molecule has 1 N–H and O–H groups in total. The van der Waals surface area contributed by atoms with Gasteiger partial charge < -0.3 is 4.57 Å². The maximum Gasteiger partial charge on any atom is 0.330 e. The van der Waals surface area contributed by atoms with Crippen molar-refractivity contribution in [2.45, 2.75) is 44.0 Å². The van der Waals surface area contributed by atoms with Crippen LogP contribution in [-0.4, -0.2) is 24.1 Å². The number of hydrogen-bond acceptors (Lipinski definition) is 5. The lowest BCUT2D eigenvalue weighted by Crippen LogP contribution is -2.31. The molecular weight excluding hydrogens is 386 g/mol. The third-order valence-electron chi connectivity index (χ3n) is 5.09. The van der Waals surface area contributed by atoms with Gasteiger partial charge in [-0.15, -0.1) is 0 Å². The Morgan fingerprint density at radius 2 is 1.97 bits per heavy atom. The minimum Gasteiger partial charge on any atom is -0.325 e. The number of hydrogen-bond donors (Lipinski definition) is 1. The molecule has 3 heterocycles. The molecule has 0 saturated carbocycles. The first-order chi connectivity index (χ1) is 14.0. The highest BCUT2D eigenvalue weighted by atomic mass is 32.2. The maximum absolute atomic E-state index is 12.4. The normalized spacial score (nSPS) is 11.6. The number of aromatic amines is 1. The highest BCUT2D eigenvalue weighted by molar-refractivity contribution is 7.98. The number of fused-ring (bicyclic) bond motifs is 2. The van der Waals surface area contributed by atoms with Crippen LogP contribution in [0, 0.1) is 6.92 Å². The largest absolute Gasteiger partial charge is 0.330 e. The van der Waals surface area contributed by atoms with Crippen molar-refractivity contribution in [3.8, 4) is 0 Å². The Kier molecular flexibility index (Phi) is 5.27. The number of nitrogens with zero attached hydrogens (tertiary/aromatic N) is 4. The summed E-state index contributed by atoms with van der Waals surface area (Å²) in [5.74, 6) is 1.29. The van der Waals surface area contributed by atoms with Crippen molar-refractivity contribution in [1.82, 2.24) is 24.1 Å². The first-order valence-corrected chi connectivity index (χ1v) is 10.7. The number of pyridine rings is 1. The van der Waals surface area contributed by atoms with E-state index in [1.807, 2.05) is 25.2 Å². The lowest BCUT2D eigenvalue weighted by molar-refractivity contribution is 0.613. The third-order valence-corrected chi connectivity index (χ3v) is 6.00. The van der Waals surface area contributed by atoms with Gasteiger partial charge in [0.1, 0.15) is 5.82 Å². The van der Waals surface area contributed by atoms with E-state index in [9.17, 15) is 9.59 Å². The Hall–Kier alpha value is -2.87. The summed E-state index contributed by atoms with van der Waals surface area (Å²) in [7, 11) is 1.81. The van der Waals surface area contributed by atoms with Crippen LogP contribution in [0.2, 0.25) is 0 Å². The molecule has 29 heavy (non-hydrogen) atoms. The van der Waals surface area contributed by atoms with Crippen LogP contribution >= 0.6 is 11.8 Å². The van der Waals surface area contributed by atoms with Crippen LogP contribution < -0.4 is 11.2 Å². The highest BCUT2D eigenvalue weighted by Crippen LogP contribution is 2.26. The van der Waals surface area contributed by atoms with Crippen molar-refractivity contribution in [1.29, 1.82) is 0 Å². The van der Waals surface area contributed by atoms with Gasteiger partial charge in [0, 0.05) is 19.0 Å². The fraction of sp³-hybridized carbons (Fsp3) is 0.333. The number of aryl methyl sites for hydroxylation is 3. The molecule has 150 valence electrons. The van der Waals surface area contributed by atoms with E-state index in [2.05, 4.69) is 35.9 Å². The second-order valence-electron chi connectivity index (χ2n) is 7.11. The number of imidazole rings is 1. The molecule has 0 bridgehead atoms. The van der Waals surface area contributed by atoms with E-state index in [0.29, 0.717) is 23.5 Å². The average Bonchev–Trinajstić information content (AvgIpc) is 3.03. The number of aromatic nitrogens is 5. The zero-order chi connectivity index (χ0) is 20.5. The van der Waals surface area contributed by atoms with Crippen LogP contribution in [0.25, 0.3) is 22.1 Å². The summed E-state index contributed by atoms with van der Waals surface area (Å²) in [6, 6.07) is 10.1. The molecule has 1 aromatic carbocycles. The number of para-hydroxylation sites is 1. The van der Waals surface area contributed by atoms with Crippen molar-refractivity contribution in [3.63, 3.8) is 0 Å². The molecule has 7 nitrogen and oxygen atoms in total. The molecule has 0 spiro atoms. The second-order valence-corrected chi connectivity index (χ2v) is 8.10. The van der Waals surface area contributed by atoms with Crippen molar-refractivity contribution in [2.24, 2.45) is 7.05 Å². The molecule has 4 aromatic rings. The molecule has 0 aliphatic rings. The molecule has 0 aliphatic carbocycles. The van der Waals surface area contributed by atoms with E-state index in [1.54, 1.807) is 20.9 Å². The zero-order valence-electron chi connectivity index (χ0n) is 16.7. The molecule has 3 aromatic heterocycles. The smallest absolute Gasteiger partial charge is 0.325 e. The van der Waals surface area contributed by atoms with Gasteiger partial charge in [-0.1, -0.05) is 43.3 Å². The lowest BCUT2D eigenvalue weighted by atomic mass is 10.1. The number of unbranched alkanes of at least 4 members (excludes halogenated alkanes) is 1. The molecule has 0 fully saturated rings. The van der Waals surface area contributed by atoms with Crippen molar-refractivity contribution in [3.05, 3.63) is 62.6 Å². The van der Waals surface area contributed by atoms with E-state index in [4.69, 9.17) is 4.98 Å². The Morgan fingerprint density at radius 1 is 1.17 bits per heavy atom. The minimum atomic E-state index is -0.403. The van der Waals surface area contributed by atoms with Crippen molar-refractivity contribution >= 4 is 33.8 Å². The molecule has 0 amide bonds. The fourth-order valence-corrected chi connectivity index (χ4v) is 4.43. The Balaban J connectivity index is 1.70. The van der Waals surface area contributed by atoms with Gasteiger partial charge in [-0.25, -0.2) is 14.8 Å². The van der Waals surface area contributed by atoms with Crippen molar-refractivity contribution < 1.29 is 0 Å². The quantitative estimate of drug-likeness (QED) is 0.494. The monoisotopic (exact) mass is 409 g/mol. The summed E-state index contributed by atoms with van der Waals surface area (Å²) >= 11 is 1.57. The zero-order valence-corrected chi connectivity index (χ0v) is 17.5. The van der Waals surface area contributed by atoms with E-state index >= 15 is 0 Å². The van der Waals surface area contributed by atoms with E-state index < -0.39 is 11.2 Å². The number of H-pyrrole nitrogens is 1. The number of thioether (sulfide) groups is 1. The molecule has 4 rings (SSSR count). The third kappa shape index (κ3) is 3.60. The Bertz CT molecular complexity index is 1320. The maximum atomic E-state index is 12.4. The van der Waals surface area contributed by atoms with Crippen LogP contribution in [0.1, 0.15) is 31.2 Å². The Morgan fingerprint density at radius 3 is 2.76 bits per heavy atom. The lowest BCUT2D eigenvalue weighted by Gasteiger charge is -2.06. The summed E-state index contributed by atoms with van der Waals surface area (Å²) in [4.78, 5) is 36.4. The summed E-state index contributed by atoms with van der Waals surface area (Å²) in [5.41, 5.74) is 2.22. The molecule has 0 atom stereocenters. The predicted molar refractivity (Wildman–Crippen MR) is 117 cm³/mol. The van der Waals surface area contributed by atoms with Crippen LogP contribution in [0.3, 0.4) is 0 Å². The van der Waals surface area contributed by atoms with Crippen LogP contribution in [0.5, 0.6) is 0 Å². The predicted octanol–water partition coefficient (Wildman–Crippen LogP) is 3.37. The molecule has 0 radical (unpaired) electrons. The molecular formula is C21H23N5O2S. The molecule has 0 aliphatic heterocycles. The summed E-state index contributed by atoms with van der Waals surface area (Å²) in [5, 5.41) is 2.05. The SMILES string of the molecule is CCCCn1c(=O)[nH]c(=O)c2c1nc(CSc1cc(C)c3ccccc3n1)n2C. The van der Waals surface area contributed by atoms with E-state index in [1.165, 1.54) is 5.56 Å². The highest BCUT2D eigenvalue weighted by Gasteiger charge is 2.16. The molecule has 0 unspecified atom stereocenters. The summed E-state index contributed by atoms with van der Waals surface area (Å²) in [6.45, 7) is 4.68. The van der Waals surface area contributed by atoms with Crippen LogP contribution in [0.15, 0.2) is 44.9 Å². The number of rotatable bonds is 6. The van der Waals surface area contributed by atoms with Gasteiger partial charge in [0.05, 0.1) is 16.3 Å². The van der Waals surface area contributed by atoms with Crippen molar-refractivity contribution in [2.75, 3.05) is 0 Å². The first-order valence-electron chi connectivity index (χ1n) is 9.67. The van der Waals surface area contributed by atoms with Gasteiger partial charge in [0.15, 0.2) is 11.2 Å². The molecule has 0 saturated heterocycles. The van der Waals surface area contributed by atoms with E-state index in [0.717, 1.165) is 34.6 Å². The number of nitrogens with one attached hydrogen (secondary N) is 1. The van der Waals surface area contributed by atoms with E-state index in [-0.39, 0.29) is 0 Å². The first kappa shape index (κ1) is 19.4. The van der Waals surface area contributed by atoms with Gasteiger partial charge in [-0.05, 0) is 31.0 Å². The van der Waals surface area contributed by atoms with Gasteiger partial charge in [-0.2, -0.15) is 0 Å². The number of benzene rings is 1.